The van der Waals surface area contributed by atoms with Crippen LogP contribution in [0.2, 0.25) is 0 Å². The molecule has 1 N–H and O–H groups in total. The number of likely N-dealkylation sites (tertiary alicyclic amines) is 2. The van der Waals surface area contributed by atoms with E-state index >= 15 is 0 Å². The van der Waals surface area contributed by atoms with Gasteiger partial charge in [-0.05, 0) is 76.5 Å². The zero-order valence-corrected chi connectivity index (χ0v) is 14.2. The Hall–Kier alpha value is -0.610. The third-order valence-corrected chi connectivity index (χ3v) is 6.04. The summed E-state index contributed by atoms with van der Waals surface area (Å²) < 4.78 is 0. The third-order valence-electron chi connectivity index (χ3n) is 6.04. The second-order valence-corrected chi connectivity index (χ2v) is 7.67. The molecule has 22 heavy (non-hydrogen) atoms. The van der Waals surface area contributed by atoms with Crippen LogP contribution < -0.4 is 5.32 Å². The van der Waals surface area contributed by atoms with Crippen LogP contribution in [0, 0.1) is 11.8 Å². The van der Waals surface area contributed by atoms with Crippen LogP contribution in [0.4, 0.5) is 0 Å². The summed E-state index contributed by atoms with van der Waals surface area (Å²) in [5.41, 5.74) is 0. The van der Waals surface area contributed by atoms with Crippen LogP contribution in [0.25, 0.3) is 0 Å². The quantitative estimate of drug-likeness (QED) is 0.864. The van der Waals surface area contributed by atoms with E-state index in [-0.39, 0.29) is 0 Å². The lowest BCUT2D eigenvalue weighted by Gasteiger charge is -2.38. The zero-order valence-electron chi connectivity index (χ0n) is 14.2. The van der Waals surface area contributed by atoms with Crippen molar-refractivity contribution in [1.29, 1.82) is 0 Å². The lowest BCUT2D eigenvalue weighted by Crippen LogP contribution is -2.49. The standard InChI is InChI=1S/C18H33N3O/c1-15(16-6-4-8-19-13-16)12-18(22)21-11-5-7-17(14-21)20-9-2-3-10-20/h15-17,19H,2-14H2,1H3. The molecule has 0 aromatic carbocycles. The van der Waals surface area contributed by atoms with E-state index < -0.39 is 0 Å². The summed E-state index contributed by atoms with van der Waals surface area (Å²) >= 11 is 0. The van der Waals surface area contributed by atoms with Gasteiger partial charge in [0.2, 0.25) is 5.91 Å². The molecule has 4 nitrogen and oxygen atoms in total. The number of carbonyl (C=O) groups excluding carboxylic acids is 1. The summed E-state index contributed by atoms with van der Waals surface area (Å²) in [7, 11) is 0. The number of nitrogens with one attached hydrogen (secondary N) is 1. The Morgan fingerprint density at radius 1 is 1.14 bits per heavy atom. The number of hydrogen-bond donors (Lipinski definition) is 1. The van der Waals surface area contributed by atoms with E-state index in [0.29, 0.717) is 23.8 Å². The van der Waals surface area contributed by atoms with Gasteiger partial charge in [0.05, 0.1) is 0 Å². The molecule has 3 heterocycles. The van der Waals surface area contributed by atoms with Gasteiger partial charge in [-0.1, -0.05) is 6.92 Å². The molecule has 3 unspecified atom stereocenters. The third kappa shape index (κ3) is 4.02. The predicted molar refractivity (Wildman–Crippen MR) is 89.8 cm³/mol. The highest BCUT2D eigenvalue weighted by Crippen LogP contribution is 2.25. The van der Waals surface area contributed by atoms with Crippen molar-refractivity contribution in [1.82, 2.24) is 15.1 Å². The lowest BCUT2D eigenvalue weighted by molar-refractivity contribution is -0.134. The fourth-order valence-electron chi connectivity index (χ4n) is 4.52. The Labute approximate surface area is 135 Å². The van der Waals surface area contributed by atoms with Gasteiger partial charge in [-0.2, -0.15) is 0 Å². The van der Waals surface area contributed by atoms with Crippen LogP contribution in [-0.4, -0.2) is 61.0 Å². The predicted octanol–water partition coefficient (Wildman–Crippen LogP) is 2.10. The average molecular weight is 307 g/mol. The molecule has 0 spiro atoms. The van der Waals surface area contributed by atoms with Crippen LogP contribution in [0.15, 0.2) is 0 Å². The van der Waals surface area contributed by atoms with E-state index in [4.69, 9.17) is 0 Å². The van der Waals surface area contributed by atoms with Gasteiger partial charge in [0, 0.05) is 25.6 Å². The minimum Gasteiger partial charge on any atom is -0.341 e. The molecule has 0 aromatic heterocycles. The van der Waals surface area contributed by atoms with Crippen molar-refractivity contribution in [2.45, 2.75) is 57.9 Å². The Bertz CT molecular complexity index is 361. The molecule has 3 rings (SSSR count). The van der Waals surface area contributed by atoms with Crippen LogP contribution in [0.3, 0.4) is 0 Å². The van der Waals surface area contributed by atoms with E-state index in [9.17, 15) is 4.79 Å². The second kappa shape index (κ2) is 7.78. The first kappa shape index (κ1) is 16.3. The number of hydrogen-bond acceptors (Lipinski definition) is 3. The largest absolute Gasteiger partial charge is 0.341 e. The van der Waals surface area contributed by atoms with E-state index in [1.807, 2.05) is 0 Å². The second-order valence-electron chi connectivity index (χ2n) is 7.67. The average Bonchev–Trinajstić information content (AvgIpc) is 3.10. The van der Waals surface area contributed by atoms with Crippen molar-refractivity contribution < 1.29 is 4.79 Å². The number of amides is 1. The Morgan fingerprint density at radius 3 is 2.68 bits per heavy atom. The topological polar surface area (TPSA) is 35.6 Å². The van der Waals surface area contributed by atoms with Crippen LogP contribution >= 0.6 is 0 Å². The minimum absolute atomic E-state index is 0.405. The molecule has 0 saturated carbocycles. The van der Waals surface area contributed by atoms with Gasteiger partial charge in [-0.3, -0.25) is 9.69 Å². The first-order valence-electron chi connectivity index (χ1n) is 9.46. The molecule has 1 amide bonds. The van der Waals surface area contributed by atoms with E-state index in [2.05, 4.69) is 22.0 Å². The first-order valence-corrected chi connectivity index (χ1v) is 9.46. The molecule has 0 aliphatic carbocycles. The molecule has 3 atom stereocenters. The summed E-state index contributed by atoms with van der Waals surface area (Å²) in [5, 5.41) is 3.48. The summed E-state index contributed by atoms with van der Waals surface area (Å²) in [6.45, 7) is 8.99. The molecule has 126 valence electrons. The molecule has 0 bridgehead atoms. The number of piperidine rings is 2. The maximum absolute atomic E-state index is 12.7. The zero-order chi connectivity index (χ0) is 15.4. The Balaban J connectivity index is 1.48. The van der Waals surface area contributed by atoms with Crippen molar-refractivity contribution in [2.24, 2.45) is 11.8 Å². The highest BCUT2D eigenvalue weighted by molar-refractivity contribution is 5.76. The van der Waals surface area contributed by atoms with Gasteiger partial charge in [0.1, 0.15) is 0 Å². The maximum atomic E-state index is 12.7. The van der Waals surface area contributed by atoms with Gasteiger partial charge in [-0.15, -0.1) is 0 Å². The number of nitrogens with zero attached hydrogens (tertiary/aromatic N) is 2. The highest BCUT2D eigenvalue weighted by Gasteiger charge is 2.30. The van der Waals surface area contributed by atoms with Crippen LogP contribution in [-0.2, 0) is 4.79 Å². The van der Waals surface area contributed by atoms with Crippen LogP contribution in [0.5, 0.6) is 0 Å². The summed E-state index contributed by atoms with van der Waals surface area (Å²) in [4.78, 5) is 17.5. The van der Waals surface area contributed by atoms with Gasteiger partial charge < -0.3 is 10.2 Å². The van der Waals surface area contributed by atoms with Crippen LogP contribution in [0.1, 0.15) is 51.9 Å². The van der Waals surface area contributed by atoms with Crippen molar-refractivity contribution >= 4 is 5.91 Å². The van der Waals surface area contributed by atoms with Crippen molar-refractivity contribution in [3.8, 4) is 0 Å². The molecule has 3 aliphatic rings. The molecule has 4 heteroatoms. The lowest BCUT2D eigenvalue weighted by atomic mass is 9.85. The number of rotatable bonds is 4. The molecular formula is C18H33N3O. The smallest absolute Gasteiger partial charge is 0.222 e. The Kier molecular flexibility index (Phi) is 5.75. The van der Waals surface area contributed by atoms with Gasteiger partial charge in [0.15, 0.2) is 0 Å². The molecule has 0 radical (unpaired) electrons. The van der Waals surface area contributed by atoms with E-state index in [1.54, 1.807) is 0 Å². The molecule has 3 fully saturated rings. The summed E-state index contributed by atoms with van der Waals surface area (Å²) in [6, 6.07) is 0.631. The van der Waals surface area contributed by atoms with E-state index in [1.165, 1.54) is 51.6 Å². The van der Waals surface area contributed by atoms with Crippen molar-refractivity contribution in [2.75, 3.05) is 39.3 Å². The maximum Gasteiger partial charge on any atom is 0.222 e. The van der Waals surface area contributed by atoms with Crippen molar-refractivity contribution in [3.05, 3.63) is 0 Å². The molecule has 3 saturated heterocycles. The number of carbonyl (C=O) groups is 1. The molecule has 3 aliphatic heterocycles. The van der Waals surface area contributed by atoms with E-state index in [0.717, 1.165) is 32.6 Å². The minimum atomic E-state index is 0.405. The SMILES string of the molecule is CC(CC(=O)N1CCCC(N2CCCC2)C1)C1CCCNC1. The normalized spacial score (nSPS) is 32.1. The fraction of sp³-hybridized carbons (Fsp3) is 0.944. The summed E-state index contributed by atoms with van der Waals surface area (Å²) in [6.07, 6.45) is 8.46. The van der Waals surface area contributed by atoms with Crippen molar-refractivity contribution in [3.63, 3.8) is 0 Å². The summed E-state index contributed by atoms with van der Waals surface area (Å²) in [5.74, 6) is 1.62. The van der Waals surface area contributed by atoms with Gasteiger partial charge in [-0.25, -0.2) is 0 Å². The fourth-order valence-corrected chi connectivity index (χ4v) is 4.52. The molecule has 0 aromatic rings. The van der Waals surface area contributed by atoms with Gasteiger partial charge in [0.25, 0.3) is 0 Å². The monoisotopic (exact) mass is 307 g/mol. The Morgan fingerprint density at radius 2 is 1.95 bits per heavy atom. The molecular weight excluding hydrogens is 274 g/mol. The van der Waals surface area contributed by atoms with Gasteiger partial charge >= 0.3 is 0 Å². The first-order chi connectivity index (χ1) is 10.7. The highest BCUT2D eigenvalue weighted by atomic mass is 16.2.